The summed E-state index contributed by atoms with van der Waals surface area (Å²) < 4.78 is 5.48. The van der Waals surface area contributed by atoms with Crippen molar-refractivity contribution in [2.75, 3.05) is 31.7 Å². The molecule has 0 radical (unpaired) electrons. The molecule has 2 aliphatic rings. The number of amides is 3. The van der Waals surface area contributed by atoms with Crippen molar-refractivity contribution in [3.8, 4) is 0 Å². The fraction of sp³-hybridized carbons (Fsp3) is 0.250. The van der Waals surface area contributed by atoms with E-state index in [2.05, 4.69) is 5.32 Å². The van der Waals surface area contributed by atoms with Crippen LogP contribution >= 0.6 is 24.0 Å². The molecule has 2 aromatic rings. The molecule has 4 rings (SSSR count). The van der Waals surface area contributed by atoms with Crippen LogP contribution in [0.5, 0.6) is 0 Å². The fourth-order valence-electron chi connectivity index (χ4n) is 3.76. The number of methoxy groups -OCH3 is 1. The number of nitrogens with one attached hydrogen (secondary N) is 1. The zero-order chi connectivity index (χ0) is 23.4. The Morgan fingerprint density at radius 3 is 2.52 bits per heavy atom. The third-order valence-electron chi connectivity index (χ3n) is 5.36. The maximum atomic E-state index is 13.4. The van der Waals surface area contributed by atoms with Crippen LogP contribution in [0.4, 0.5) is 5.69 Å². The summed E-state index contributed by atoms with van der Waals surface area (Å²) in [5, 5.41) is 2.85. The SMILES string of the molecule is COCCCN1C(=O)/C(=C2/C(=O)N(CC(=O)NCc3ccccc3)c3ccccc32)SC1=S. The Labute approximate surface area is 201 Å². The third-order valence-corrected chi connectivity index (χ3v) is 6.81. The van der Waals surface area contributed by atoms with Crippen molar-refractivity contribution in [2.45, 2.75) is 13.0 Å². The van der Waals surface area contributed by atoms with Crippen molar-refractivity contribution in [1.29, 1.82) is 0 Å². The van der Waals surface area contributed by atoms with Crippen molar-refractivity contribution in [3.63, 3.8) is 0 Å². The van der Waals surface area contributed by atoms with E-state index < -0.39 is 0 Å². The number of anilines is 1. The number of hydrogen-bond donors (Lipinski definition) is 1. The highest BCUT2D eigenvalue weighted by Crippen LogP contribution is 2.44. The van der Waals surface area contributed by atoms with Gasteiger partial charge in [0.05, 0.1) is 16.2 Å². The van der Waals surface area contributed by atoms with Crippen LogP contribution < -0.4 is 10.2 Å². The number of para-hydroxylation sites is 1. The molecule has 0 unspecified atom stereocenters. The smallest absolute Gasteiger partial charge is 0.267 e. The monoisotopic (exact) mass is 481 g/mol. The fourth-order valence-corrected chi connectivity index (χ4v) is 5.14. The molecule has 1 N–H and O–H groups in total. The molecule has 0 spiro atoms. The van der Waals surface area contributed by atoms with Crippen molar-refractivity contribution < 1.29 is 19.1 Å². The van der Waals surface area contributed by atoms with Gasteiger partial charge in [0.25, 0.3) is 11.8 Å². The van der Waals surface area contributed by atoms with Gasteiger partial charge in [0, 0.05) is 32.4 Å². The zero-order valence-corrected chi connectivity index (χ0v) is 19.7. The number of benzene rings is 2. The topological polar surface area (TPSA) is 79.0 Å². The molecular weight excluding hydrogens is 458 g/mol. The number of ether oxygens (including phenoxy) is 1. The van der Waals surface area contributed by atoms with Crippen LogP contribution in [0, 0.1) is 0 Å². The van der Waals surface area contributed by atoms with Gasteiger partial charge in [-0.3, -0.25) is 24.2 Å². The molecule has 1 fully saturated rings. The minimum absolute atomic E-state index is 0.139. The summed E-state index contributed by atoms with van der Waals surface area (Å²) in [7, 11) is 1.60. The van der Waals surface area contributed by atoms with E-state index >= 15 is 0 Å². The molecule has 0 bridgehead atoms. The second-order valence-electron chi connectivity index (χ2n) is 7.55. The first-order valence-electron chi connectivity index (χ1n) is 10.5. The van der Waals surface area contributed by atoms with Crippen LogP contribution in [0.15, 0.2) is 59.5 Å². The predicted octanol–water partition coefficient (Wildman–Crippen LogP) is 2.96. The molecule has 7 nitrogen and oxygen atoms in total. The number of carbonyl (C=O) groups is 3. The lowest BCUT2D eigenvalue weighted by Crippen LogP contribution is -2.38. The van der Waals surface area contributed by atoms with Crippen LogP contribution in [0.1, 0.15) is 17.5 Å². The standard InChI is InChI=1S/C24H23N3O4S2/c1-31-13-7-12-26-23(30)21(33-24(26)32)20-17-10-5-6-11-18(17)27(22(20)29)15-19(28)25-14-16-8-3-2-4-9-16/h2-6,8-11H,7,12-15H2,1H3,(H,25,28)/b21-20-. The van der Waals surface area contributed by atoms with E-state index in [-0.39, 0.29) is 24.3 Å². The van der Waals surface area contributed by atoms with Gasteiger partial charge in [-0.1, -0.05) is 72.5 Å². The molecule has 2 heterocycles. The second kappa shape index (κ2) is 10.3. The van der Waals surface area contributed by atoms with Gasteiger partial charge in [-0.05, 0) is 18.1 Å². The van der Waals surface area contributed by atoms with Gasteiger partial charge in [-0.2, -0.15) is 0 Å². The Morgan fingerprint density at radius 1 is 1.03 bits per heavy atom. The number of thioether (sulfide) groups is 1. The molecule has 170 valence electrons. The second-order valence-corrected chi connectivity index (χ2v) is 9.19. The van der Waals surface area contributed by atoms with Gasteiger partial charge < -0.3 is 10.1 Å². The van der Waals surface area contributed by atoms with Gasteiger partial charge in [0.15, 0.2) is 0 Å². The molecule has 0 aromatic heterocycles. The molecule has 33 heavy (non-hydrogen) atoms. The minimum atomic E-state index is -0.372. The van der Waals surface area contributed by atoms with E-state index in [1.807, 2.05) is 36.4 Å². The molecule has 2 aromatic carbocycles. The Bertz CT molecular complexity index is 1130. The van der Waals surface area contributed by atoms with Crippen molar-refractivity contribution in [2.24, 2.45) is 0 Å². The molecule has 0 atom stereocenters. The lowest BCUT2D eigenvalue weighted by atomic mass is 10.1. The molecule has 0 saturated carbocycles. The van der Waals surface area contributed by atoms with Crippen molar-refractivity contribution >= 4 is 57.3 Å². The molecular formula is C24H23N3O4S2. The largest absolute Gasteiger partial charge is 0.385 e. The first-order chi connectivity index (χ1) is 16.0. The van der Waals surface area contributed by atoms with Gasteiger partial charge in [-0.15, -0.1) is 0 Å². The van der Waals surface area contributed by atoms with Crippen LogP contribution in [0.3, 0.4) is 0 Å². The number of thiocarbonyl (C=S) groups is 1. The van der Waals surface area contributed by atoms with Crippen LogP contribution in [-0.2, 0) is 25.7 Å². The van der Waals surface area contributed by atoms with Gasteiger partial charge in [0.1, 0.15) is 10.9 Å². The maximum absolute atomic E-state index is 13.4. The number of hydrogen-bond acceptors (Lipinski definition) is 6. The van der Waals surface area contributed by atoms with E-state index in [1.54, 1.807) is 25.3 Å². The number of carbonyl (C=O) groups excluding carboxylic acids is 3. The first kappa shape index (κ1) is 23.2. The van der Waals surface area contributed by atoms with Gasteiger partial charge >= 0.3 is 0 Å². The van der Waals surface area contributed by atoms with Gasteiger partial charge in [-0.25, -0.2) is 0 Å². The predicted molar refractivity (Wildman–Crippen MR) is 132 cm³/mol. The zero-order valence-electron chi connectivity index (χ0n) is 18.1. The Hall–Kier alpha value is -3.01. The average molecular weight is 482 g/mol. The first-order valence-corrected chi connectivity index (χ1v) is 11.7. The average Bonchev–Trinajstić information content (AvgIpc) is 3.26. The number of nitrogens with zero attached hydrogens (tertiary/aromatic N) is 2. The summed E-state index contributed by atoms with van der Waals surface area (Å²) in [6, 6.07) is 16.7. The highest BCUT2D eigenvalue weighted by molar-refractivity contribution is 8.26. The van der Waals surface area contributed by atoms with E-state index in [0.717, 1.165) is 17.3 Å². The van der Waals surface area contributed by atoms with Crippen LogP contribution in [0.25, 0.3) is 5.57 Å². The van der Waals surface area contributed by atoms with Crippen molar-refractivity contribution in [1.82, 2.24) is 10.2 Å². The Balaban J connectivity index is 1.55. The van der Waals surface area contributed by atoms with E-state index in [9.17, 15) is 14.4 Å². The Morgan fingerprint density at radius 2 is 1.76 bits per heavy atom. The summed E-state index contributed by atoms with van der Waals surface area (Å²) in [4.78, 5) is 42.4. The summed E-state index contributed by atoms with van der Waals surface area (Å²) in [5.41, 5.74) is 2.51. The summed E-state index contributed by atoms with van der Waals surface area (Å²) in [6.07, 6.45) is 0.643. The van der Waals surface area contributed by atoms with Crippen molar-refractivity contribution in [3.05, 3.63) is 70.6 Å². The molecule has 1 saturated heterocycles. The van der Waals surface area contributed by atoms with Gasteiger partial charge in [0.2, 0.25) is 5.91 Å². The lowest BCUT2D eigenvalue weighted by Gasteiger charge is -2.17. The highest BCUT2D eigenvalue weighted by atomic mass is 32.2. The molecule has 3 amide bonds. The molecule has 0 aliphatic carbocycles. The number of fused-ring (bicyclic) bond motifs is 1. The summed E-state index contributed by atoms with van der Waals surface area (Å²) >= 11 is 6.53. The van der Waals surface area contributed by atoms with E-state index in [4.69, 9.17) is 17.0 Å². The van der Waals surface area contributed by atoms with E-state index in [1.165, 1.54) is 9.80 Å². The summed E-state index contributed by atoms with van der Waals surface area (Å²) in [6.45, 7) is 1.17. The normalized spacial score (nSPS) is 17.7. The van der Waals surface area contributed by atoms with Crippen LogP contribution in [-0.4, -0.2) is 53.7 Å². The maximum Gasteiger partial charge on any atom is 0.267 e. The third kappa shape index (κ3) is 4.85. The summed E-state index contributed by atoms with van der Waals surface area (Å²) in [5.74, 6) is -0.937. The quantitative estimate of drug-likeness (QED) is 0.355. The van der Waals surface area contributed by atoms with Crippen LogP contribution in [0.2, 0.25) is 0 Å². The lowest BCUT2D eigenvalue weighted by molar-refractivity contribution is -0.122. The molecule has 2 aliphatic heterocycles. The Kier molecular flexibility index (Phi) is 7.22. The minimum Gasteiger partial charge on any atom is -0.385 e. The highest BCUT2D eigenvalue weighted by Gasteiger charge is 2.42. The number of rotatable bonds is 8. The molecule has 9 heteroatoms. The van der Waals surface area contributed by atoms with E-state index in [0.29, 0.717) is 52.2 Å².